The molecule has 0 spiro atoms. The number of aromatic nitrogens is 5. The fourth-order valence-corrected chi connectivity index (χ4v) is 2.43. The van der Waals surface area contributed by atoms with Crippen molar-refractivity contribution in [2.45, 2.75) is 37.4 Å². The Morgan fingerprint density at radius 2 is 2.00 bits per heavy atom. The molecule has 0 aromatic carbocycles. The van der Waals surface area contributed by atoms with Crippen molar-refractivity contribution < 1.29 is 0 Å². The average molecular weight is 279 g/mol. The van der Waals surface area contributed by atoms with Crippen LogP contribution >= 0.6 is 11.8 Å². The van der Waals surface area contributed by atoms with Crippen LogP contribution in [0.5, 0.6) is 0 Å². The maximum Gasteiger partial charge on any atom is 0.197 e. The van der Waals surface area contributed by atoms with E-state index in [4.69, 9.17) is 5.84 Å². The zero-order chi connectivity index (χ0) is 14.0. The average Bonchev–Trinajstić information content (AvgIpc) is 2.73. The second kappa shape index (κ2) is 5.54. The summed E-state index contributed by atoms with van der Waals surface area (Å²) in [6.45, 7) is 5.85. The van der Waals surface area contributed by atoms with E-state index in [0.29, 0.717) is 5.82 Å². The van der Waals surface area contributed by atoms with Gasteiger partial charge >= 0.3 is 0 Å². The molecule has 0 saturated carbocycles. The van der Waals surface area contributed by atoms with Crippen molar-refractivity contribution >= 4 is 17.6 Å². The molecule has 0 fully saturated rings. The lowest BCUT2D eigenvalue weighted by Gasteiger charge is -2.10. The fraction of sp³-hybridized carbons (Fsp3) is 0.455. The smallest absolute Gasteiger partial charge is 0.197 e. The summed E-state index contributed by atoms with van der Waals surface area (Å²) < 4.78 is 1.92. The summed E-state index contributed by atoms with van der Waals surface area (Å²) in [5.41, 5.74) is 3.52. The molecular formula is C11H17N7S. The van der Waals surface area contributed by atoms with Crippen molar-refractivity contribution in [2.24, 2.45) is 12.9 Å². The van der Waals surface area contributed by atoms with Gasteiger partial charge in [0.25, 0.3) is 0 Å². The number of anilines is 1. The number of rotatable bonds is 4. The zero-order valence-corrected chi connectivity index (χ0v) is 12.2. The van der Waals surface area contributed by atoms with Gasteiger partial charge in [0.15, 0.2) is 5.16 Å². The van der Waals surface area contributed by atoms with Crippen molar-refractivity contribution in [3.05, 3.63) is 17.2 Å². The van der Waals surface area contributed by atoms with E-state index in [-0.39, 0.29) is 0 Å². The van der Waals surface area contributed by atoms with Crippen LogP contribution in [0.3, 0.4) is 0 Å². The van der Waals surface area contributed by atoms with E-state index in [1.54, 1.807) is 0 Å². The molecule has 0 saturated heterocycles. The fourth-order valence-electron chi connectivity index (χ4n) is 1.50. The van der Waals surface area contributed by atoms with Crippen LogP contribution in [0.4, 0.5) is 5.82 Å². The third-order valence-corrected chi connectivity index (χ3v) is 3.97. The summed E-state index contributed by atoms with van der Waals surface area (Å²) in [7, 11) is 1.93. The number of nitrogens with zero attached hydrogens (tertiary/aromatic N) is 5. The monoisotopic (exact) mass is 279 g/mol. The Kier molecular flexibility index (Phi) is 4.01. The normalized spacial score (nSPS) is 10.8. The Morgan fingerprint density at radius 1 is 1.26 bits per heavy atom. The van der Waals surface area contributed by atoms with Gasteiger partial charge in [-0.3, -0.25) is 0 Å². The first kappa shape index (κ1) is 13.8. The molecule has 2 aromatic heterocycles. The highest BCUT2D eigenvalue weighted by atomic mass is 32.2. The summed E-state index contributed by atoms with van der Waals surface area (Å²) in [4.78, 5) is 8.86. The zero-order valence-electron chi connectivity index (χ0n) is 11.4. The number of hydrogen-bond acceptors (Lipinski definition) is 7. The Balaban J connectivity index is 2.41. The molecular weight excluding hydrogens is 262 g/mol. The van der Waals surface area contributed by atoms with Gasteiger partial charge in [-0.2, -0.15) is 0 Å². The van der Waals surface area contributed by atoms with E-state index in [0.717, 1.165) is 33.8 Å². The number of nitrogens with two attached hydrogens (primary N) is 1. The van der Waals surface area contributed by atoms with Gasteiger partial charge in [0.2, 0.25) is 0 Å². The molecule has 0 atom stereocenters. The SMILES string of the molecule is CCc1nc(NN)c(C)c(Sc2nnc(C)n2C)n1. The van der Waals surface area contributed by atoms with Crippen molar-refractivity contribution in [3.63, 3.8) is 0 Å². The third kappa shape index (κ3) is 2.69. The lowest BCUT2D eigenvalue weighted by Crippen LogP contribution is -2.13. The van der Waals surface area contributed by atoms with Gasteiger partial charge in [0.05, 0.1) is 0 Å². The molecule has 19 heavy (non-hydrogen) atoms. The molecule has 7 nitrogen and oxygen atoms in total. The van der Waals surface area contributed by atoms with Crippen LogP contribution in [0, 0.1) is 13.8 Å². The number of nitrogens with one attached hydrogen (secondary N) is 1. The second-order valence-electron chi connectivity index (χ2n) is 4.11. The third-order valence-electron chi connectivity index (χ3n) is 2.84. The van der Waals surface area contributed by atoms with Crippen molar-refractivity contribution in [1.82, 2.24) is 24.7 Å². The van der Waals surface area contributed by atoms with Crippen LogP contribution in [0.1, 0.15) is 24.1 Å². The summed E-state index contributed by atoms with van der Waals surface area (Å²) >= 11 is 1.46. The van der Waals surface area contributed by atoms with Crippen LogP contribution in [-0.2, 0) is 13.5 Å². The number of hydrazine groups is 1. The standard InChI is InChI=1S/C11H17N7S/c1-5-8-13-9(15-12)6(2)10(14-8)19-11-17-16-7(3)18(11)4/h5,12H2,1-4H3,(H,13,14,15). The molecule has 0 bridgehead atoms. The predicted octanol–water partition coefficient (Wildman–Crippen LogP) is 1.22. The molecule has 102 valence electrons. The number of aryl methyl sites for hydroxylation is 2. The Bertz CT molecular complexity index is 593. The van der Waals surface area contributed by atoms with Crippen LogP contribution in [0.25, 0.3) is 0 Å². The summed E-state index contributed by atoms with van der Waals surface area (Å²) in [5, 5.41) is 9.80. The first-order chi connectivity index (χ1) is 9.06. The van der Waals surface area contributed by atoms with Gasteiger partial charge in [-0.1, -0.05) is 6.92 Å². The maximum absolute atomic E-state index is 5.49. The molecule has 0 aliphatic heterocycles. The van der Waals surface area contributed by atoms with Crippen LogP contribution in [0.15, 0.2) is 10.2 Å². The largest absolute Gasteiger partial charge is 0.309 e. The molecule has 8 heteroatoms. The first-order valence-corrected chi connectivity index (χ1v) is 6.76. The van der Waals surface area contributed by atoms with Crippen LogP contribution < -0.4 is 11.3 Å². The van der Waals surface area contributed by atoms with E-state index in [1.807, 2.05) is 32.4 Å². The van der Waals surface area contributed by atoms with Gasteiger partial charge in [0.1, 0.15) is 22.5 Å². The Hall–Kier alpha value is -1.67. The van der Waals surface area contributed by atoms with E-state index >= 15 is 0 Å². The number of hydrogen-bond donors (Lipinski definition) is 2. The maximum atomic E-state index is 5.49. The first-order valence-electron chi connectivity index (χ1n) is 5.94. The molecule has 2 heterocycles. The van der Waals surface area contributed by atoms with E-state index in [2.05, 4.69) is 25.6 Å². The van der Waals surface area contributed by atoms with Crippen LogP contribution in [-0.4, -0.2) is 24.7 Å². The number of nitrogen functional groups attached to an aromatic ring is 1. The van der Waals surface area contributed by atoms with E-state index in [9.17, 15) is 0 Å². The molecule has 0 unspecified atom stereocenters. The minimum Gasteiger partial charge on any atom is -0.309 e. The quantitative estimate of drug-likeness (QED) is 0.493. The minimum atomic E-state index is 0.647. The minimum absolute atomic E-state index is 0.647. The van der Waals surface area contributed by atoms with Gasteiger partial charge in [-0.15, -0.1) is 10.2 Å². The Labute approximate surface area is 116 Å². The van der Waals surface area contributed by atoms with Crippen molar-refractivity contribution in [2.75, 3.05) is 5.43 Å². The van der Waals surface area contributed by atoms with Gasteiger partial charge in [-0.25, -0.2) is 15.8 Å². The highest BCUT2D eigenvalue weighted by Crippen LogP contribution is 2.29. The highest BCUT2D eigenvalue weighted by molar-refractivity contribution is 7.99. The summed E-state index contributed by atoms with van der Waals surface area (Å²) in [6, 6.07) is 0. The molecule has 0 radical (unpaired) electrons. The molecule has 2 rings (SSSR count). The lowest BCUT2D eigenvalue weighted by atomic mass is 10.3. The molecule has 3 N–H and O–H groups in total. The highest BCUT2D eigenvalue weighted by Gasteiger charge is 2.14. The second-order valence-corrected chi connectivity index (χ2v) is 5.06. The topological polar surface area (TPSA) is 94.5 Å². The van der Waals surface area contributed by atoms with Gasteiger partial charge in [0, 0.05) is 19.0 Å². The Morgan fingerprint density at radius 3 is 2.53 bits per heavy atom. The van der Waals surface area contributed by atoms with Crippen molar-refractivity contribution in [1.29, 1.82) is 0 Å². The van der Waals surface area contributed by atoms with E-state index < -0.39 is 0 Å². The van der Waals surface area contributed by atoms with E-state index in [1.165, 1.54) is 11.8 Å². The lowest BCUT2D eigenvalue weighted by molar-refractivity contribution is 0.762. The molecule has 2 aromatic rings. The molecule has 0 aliphatic rings. The predicted molar refractivity (Wildman–Crippen MR) is 73.8 cm³/mol. The molecule has 0 aliphatic carbocycles. The van der Waals surface area contributed by atoms with Crippen LogP contribution in [0.2, 0.25) is 0 Å². The van der Waals surface area contributed by atoms with Crippen molar-refractivity contribution in [3.8, 4) is 0 Å². The summed E-state index contributed by atoms with van der Waals surface area (Å²) in [6.07, 6.45) is 0.750. The molecule has 0 amide bonds. The van der Waals surface area contributed by atoms with Gasteiger partial charge in [-0.05, 0) is 25.6 Å². The van der Waals surface area contributed by atoms with Gasteiger partial charge < -0.3 is 9.99 Å². The summed E-state index contributed by atoms with van der Waals surface area (Å²) in [5.74, 6) is 7.75.